The molecule has 0 unspecified atom stereocenters. The highest BCUT2D eigenvalue weighted by molar-refractivity contribution is 6.06. The van der Waals surface area contributed by atoms with Gasteiger partial charge in [0.05, 0.1) is 13.7 Å². The summed E-state index contributed by atoms with van der Waals surface area (Å²) in [6.45, 7) is 5.78. The van der Waals surface area contributed by atoms with Gasteiger partial charge in [0, 0.05) is 29.4 Å². The smallest absolute Gasteiger partial charge is 0.354 e. The van der Waals surface area contributed by atoms with Crippen LogP contribution < -0.4 is 0 Å². The first-order valence-corrected chi connectivity index (χ1v) is 9.67. The second kappa shape index (κ2) is 8.19. The van der Waals surface area contributed by atoms with E-state index in [-0.39, 0.29) is 29.8 Å². The zero-order valence-electron chi connectivity index (χ0n) is 17.1. The lowest BCUT2D eigenvalue weighted by atomic mass is 10.0. The van der Waals surface area contributed by atoms with Crippen LogP contribution in [0.2, 0.25) is 0 Å². The highest BCUT2D eigenvalue weighted by Gasteiger charge is 2.36. The molecule has 1 aliphatic carbocycles. The molecule has 0 aliphatic heterocycles. The van der Waals surface area contributed by atoms with Crippen molar-refractivity contribution in [2.24, 2.45) is 0 Å². The van der Waals surface area contributed by atoms with Crippen molar-refractivity contribution >= 4 is 17.7 Å². The van der Waals surface area contributed by atoms with Crippen LogP contribution in [0.3, 0.4) is 0 Å². The molecule has 3 rings (SSSR count). The third kappa shape index (κ3) is 3.95. The van der Waals surface area contributed by atoms with E-state index in [2.05, 4.69) is 0 Å². The van der Waals surface area contributed by atoms with Gasteiger partial charge in [-0.1, -0.05) is 6.07 Å². The number of amides is 1. The summed E-state index contributed by atoms with van der Waals surface area (Å²) in [4.78, 5) is 39.8. The van der Waals surface area contributed by atoms with Crippen LogP contribution in [-0.2, 0) is 11.3 Å². The number of aromatic nitrogens is 1. The number of carbonyl (C=O) groups is 3. The molecule has 1 aliphatic rings. The van der Waals surface area contributed by atoms with Gasteiger partial charge < -0.3 is 14.2 Å². The van der Waals surface area contributed by atoms with Crippen molar-refractivity contribution in [3.63, 3.8) is 0 Å². The van der Waals surface area contributed by atoms with Crippen LogP contribution in [0.25, 0.3) is 0 Å². The maximum Gasteiger partial charge on any atom is 0.354 e. The molecule has 0 bridgehead atoms. The molecule has 0 spiro atoms. The molecule has 154 valence electrons. The largest absolute Gasteiger partial charge is 0.464 e. The quantitative estimate of drug-likeness (QED) is 0.527. The third-order valence-electron chi connectivity index (χ3n) is 5.37. The summed E-state index contributed by atoms with van der Waals surface area (Å²) >= 11 is 0. The van der Waals surface area contributed by atoms with Crippen molar-refractivity contribution in [3.8, 4) is 0 Å². The summed E-state index contributed by atoms with van der Waals surface area (Å²) in [6, 6.07) is 5.46. The summed E-state index contributed by atoms with van der Waals surface area (Å²) in [5.74, 6) is -1.60. The first kappa shape index (κ1) is 20.8. The van der Waals surface area contributed by atoms with Gasteiger partial charge in [-0.2, -0.15) is 0 Å². The predicted octanol–water partition coefficient (Wildman–Crippen LogP) is 3.54. The molecule has 2 aromatic rings. The Morgan fingerprint density at radius 2 is 1.93 bits per heavy atom. The van der Waals surface area contributed by atoms with E-state index < -0.39 is 11.8 Å². The van der Waals surface area contributed by atoms with E-state index in [0.717, 1.165) is 12.8 Å². The molecule has 1 saturated carbocycles. The van der Waals surface area contributed by atoms with E-state index in [0.29, 0.717) is 29.1 Å². The Bertz CT molecular complexity index is 975. The Morgan fingerprint density at radius 3 is 2.48 bits per heavy atom. The maximum absolute atomic E-state index is 13.6. The average Bonchev–Trinajstić information content (AvgIpc) is 3.50. The topological polar surface area (TPSA) is 68.6 Å². The number of benzene rings is 1. The van der Waals surface area contributed by atoms with Crippen LogP contribution in [0.5, 0.6) is 0 Å². The van der Waals surface area contributed by atoms with Gasteiger partial charge in [-0.05, 0) is 57.4 Å². The molecule has 1 amide bonds. The fourth-order valence-corrected chi connectivity index (χ4v) is 3.84. The second-order valence-corrected chi connectivity index (χ2v) is 7.27. The Hall–Kier alpha value is -2.96. The van der Waals surface area contributed by atoms with E-state index in [9.17, 15) is 18.8 Å². The minimum absolute atomic E-state index is 0.0244. The lowest BCUT2D eigenvalue weighted by Crippen LogP contribution is -2.37. The normalized spacial score (nSPS) is 13.3. The molecular weight excluding hydrogens is 375 g/mol. The van der Waals surface area contributed by atoms with Crippen molar-refractivity contribution in [3.05, 3.63) is 58.2 Å². The van der Waals surface area contributed by atoms with Crippen molar-refractivity contribution < 1.29 is 23.5 Å². The highest BCUT2D eigenvalue weighted by Crippen LogP contribution is 2.30. The van der Waals surface area contributed by atoms with Gasteiger partial charge in [0.2, 0.25) is 0 Å². The van der Waals surface area contributed by atoms with Crippen molar-refractivity contribution in [1.82, 2.24) is 9.47 Å². The number of halogens is 1. The number of hydrogen-bond acceptors (Lipinski definition) is 4. The number of rotatable bonds is 7. The molecule has 0 saturated heterocycles. The van der Waals surface area contributed by atoms with Gasteiger partial charge in [0.25, 0.3) is 5.91 Å². The van der Waals surface area contributed by atoms with Crippen molar-refractivity contribution in [1.29, 1.82) is 0 Å². The SMILES string of the molecule is CCn1c(C)c(C(=O)CN(C(=O)c2cccc(F)c2)C2CC2)c(C)c1C(=O)OC. The molecule has 0 N–H and O–H groups in total. The lowest BCUT2D eigenvalue weighted by molar-refractivity contribution is 0.0587. The zero-order valence-corrected chi connectivity index (χ0v) is 17.1. The minimum atomic E-state index is -0.499. The second-order valence-electron chi connectivity index (χ2n) is 7.27. The highest BCUT2D eigenvalue weighted by atomic mass is 19.1. The maximum atomic E-state index is 13.6. The Balaban J connectivity index is 1.93. The molecule has 1 fully saturated rings. The van der Waals surface area contributed by atoms with E-state index in [4.69, 9.17) is 4.74 Å². The number of esters is 1. The Kier molecular flexibility index (Phi) is 5.86. The van der Waals surface area contributed by atoms with Crippen LogP contribution in [0, 0.1) is 19.7 Å². The number of ketones is 1. The van der Waals surface area contributed by atoms with Gasteiger partial charge in [0.15, 0.2) is 5.78 Å². The number of nitrogens with zero attached hydrogens (tertiary/aromatic N) is 2. The van der Waals surface area contributed by atoms with Crippen LogP contribution in [0.15, 0.2) is 24.3 Å². The monoisotopic (exact) mass is 400 g/mol. The van der Waals surface area contributed by atoms with Gasteiger partial charge in [-0.15, -0.1) is 0 Å². The first-order chi connectivity index (χ1) is 13.8. The Labute approximate surface area is 169 Å². The zero-order chi connectivity index (χ0) is 21.3. The molecule has 1 aromatic carbocycles. The van der Waals surface area contributed by atoms with Crippen molar-refractivity contribution in [2.45, 2.75) is 46.2 Å². The van der Waals surface area contributed by atoms with E-state index in [1.165, 1.54) is 30.2 Å². The molecule has 6 nitrogen and oxygen atoms in total. The fraction of sp³-hybridized carbons (Fsp3) is 0.409. The van der Waals surface area contributed by atoms with Crippen molar-refractivity contribution in [2.75, 3.05) is 13.7 Å². The molecular formula is C22H25FN2O4. The molecule has 29 heavy (non-hydrogen) atoms. The molecule has 0 radical (unpaired) electrons. The van der Waals surface area contributed by atoms with Gasteiger partial charge in [0.1, 0.15) is 11.5 Å². The van der Waals surface area contributed by atoms with Gasteiger partial charge in [-0.3, -0.25) is 9.59 Å². The van der Waals surface area contributed by atoms with E-state index >= 15 is 0 Å². The van der Waals surface area contributed by atoms with E-state index in [1.54, 1.807) is 24.5 Å². The van der Waals surface area contributed by atoms with Crippen LogP contribution in [0.1, 0.15) is 62.2 Å². The number of hydrogen-bond donors (Lipinski definition) is 0. The summed E-state index contributed by atoms with van der Waals surface area (Å²) in [6.07, 6.45) is 1.63. The molecule has 1 aromatic heterocycles. The number of carbonyl (C=O) groups excluding carboxylic acids is 3. The Morgan fingerprint density at radius 1 is 1.24 bits per heavy atom. The fourth-order valence-electron chi connectivity index (χ4n) is 3.84. The summed E-state index contributed by atoms with van der Waals surface area (Å²) in [7, 11) is 1.30. The molecule has 0 atom stereocenters. The summed E-state index contributed by atoms with van der Waals surface area (Å²) < 4.78 is 20.2. The number of ether oxygens (including phenoxy) is 1. The van der Waals surface area contributed by atoms with Crippen LogP contribution in [-0.4, -0.2) is 46.8 Å². The summed E-state index contributed by atoms with van der Waals surface area (Å²) in [5.41, 5.74) is 2.23. The van der Waals surface area contributed by atoms with Gasteiger partial charge >= 0.3 is 5.97 Å². The predicted molar refractivity (Wildman–Crippen MR) is 106 cm³/mol. The summed E-state index contributed by atoms with van der Waals surface area (Å²) in [5, 5.41) is 0. The molecule has 1 heterocycles. The van der Waals surface area contributed by atoms with Crippen LogP contribution in [0.4, 0.5) is 4.39 Å². The number of methoxy groups -OCH3 is 1. The lowest BCUT2D eigenvalue weighted by Gasteiger charge is -2.22. The third-order valence-corrected chi connectivity index (χ3v) is 5.37. The van der Waals surface area contributed by atoms with Gasteiger partial charge in [-0.25, -0.2) is 9.18 Å². The van der Waals surface area contributed by atoms with E-state index in [1.807, 2.05) is 6.92 Å². The van der Waals surface area contributed by atoms with Crippen LogP contribution >= 0.6 is 0 Å². The first-order valence-electron chi connectivity index (χ1n) is 9.67. The standard InChI is InChI=1S/C22H25FN2O4/c1-5-24-14(3)19(13(2)20(24)22(28)29-4)18(26)12-25(17-9-10-17)21(27)15-7-6-8-16(23)11-15/h6-8,11,17H,5,9-10,12H2,1-4H3. The number of Topliss-reactive ketones (excluding diaryl/α,β-unsaturated/α-hetero) is 1. The molecule has 7 heteroatoms. The minimum Gasteiger partial charge on any atom is -0.464 e. The average molecular weight is 400 g/mol.